The van der Waals surface area contributed by atoms with Crippen LogP contribution in [0.3, 0.4) is 0 Å². The third-order valence-electron chi connectivity index (χ3n) is 1.60. The van der Waals surface area contributed by atoms with Crippen molar-refractivity contribution in [1.82, 2.24) is 10.3 Å². The zero-order chi connectivity index (χ0) is 12.2. The highest BCUT2D eigenvalue weighted by Crippen LogP contribution is 2.08. The standard InChI is InChI=1S/C8H9FN2O4S/c1-15-8(12)10-11-16(13,14)7-4-2-6(9)3-5-7/h2-5,11H,1H3,(H,10,12). The number of carbonyl (C=O) groups excluding carboxylic acids is 1. The summed E-state index contributed by atoms with van der Waals surface area (Å²) in [7, 11) is -2.83. The summed E-state index contributed by atoms with van der Waals surface area (Å²) in [5.41, 5.74) is 1.79. The average Bonchev–Trinajstić information content (AvgIpc) is 2.26. The summed E-state index contributed by atoms with van der Waals surface area (Å²) >= 11 is 0. The maximum absolute atomic E-state index is 12.5. The zero-order valence-corrected chi connectivity index (χ0v) is 9.05. The van der Waals surface area contributed by atoms with Crippen LogP contribution in [0.4, 0.5) is 9.18 Å². The zero-order valence-electron chi connectivity index (χ0n) is 8.23. The SMILES string of the molecule is COC(=O)NNS(=O)(=O)c1ccc(F)cc1. The fourth-order valence-electron chi connectivity index (χ4n) is 0.833. The van der Waals surface area contributed by atoms with Crippen LogP contribution < -0.4 is 10.3 Å². The van der Waals surface area contributed by atoms with Crippen molar-refractivity contribution in [1.29, 1.82) is 0 Å². The van der Waals surface area contributed by atoms with E-state index in [0.29, 0.717) is 0 Å². The molecule has 0 spiro atoms. The molecular formula is C8H9FN2O4S. The first-order valence-corrected chi connectivity index (χ1v) is 5.55. The van der Waals surface area contributed by atoms with E-state index in [2.05, 4.69) is 4.74 Å². The lowest BCUT2D eigenvalue weighted by molar-refractivity contribution is 0.169. The van der Waals surface area contributed by atoms with E-state index in [1.165, 1.54) is 0 Å². The number of hydrogen-bond acceptors (Lipinski definition) is 4. The average molecular weight is 248 g/mol. The number of carbonyl (C=O) groups is 1. The number of sulfonamides is 1. The molecule has 0 saturated carbocycles. The van der Waals surface area contributed by atoms with Crippen molar-refractivity contribution >= 4 is 16.1 Å². The Balaban J connectivity index is 2.78. The molecule has 88 valence electrons. The first kappa shape index (κ1) is 12.4. The van der Waals surface area contributed by atoms with Crippen molar-refractivity contribution in [3.8, 4) is 0 Å². The first-order chi connectivity index (χ1) is 7.45. The fourth-order valence-corrected chi connectivity index (χ4v) is 1.66. The smallest absolute Gasteiger partial charge is 0.422 e. The molecule has 0 aliphatic rings. The number of halogens is 1. The third-order valence-corrected chi connectivity index (χ3v) is 2.86. The van der Waals surface area contributed by atoms with Gasteiger partial charge in [-0.2, -0.15) is 0 Å². The van der Waals surface area contributed by atoms with E-state index >= 15 is 0 Å². The number of nitrogens with one attached hydrogen (secondary N) is 2. The maximum Gasteiger partial charge on any atom is 0.422 e. The maximum atomic E-state index is 12.5. The molecule has 16 heavy (non-hydrogen) atoms. The van der Waals surface area contributed by atoms with Crippen molar-refractivity contribution < 1.29 is 22.3 Å². The van der Waals surface area contributed by atoms with Crippen molar-refractivity contribution in [2.75, 3.05) is 7.11 Å². The second-order valence-electron chi connectivity index (χ2n) is 2.68. The van der Waals surface area contributed by atoms with Gasteiger partial charge < -0.3 is 4.74 Å². The molecular weight excluding hydrogens is 239 g/mol. The van der Waals surface area contributed by atoms with Gasteiger partial charge in [0, 0.05) is 0 Å². The molecule has 1 aromatic rings. The Morgan fingerprint density at radius 2 is 1.88 bits per heavy atom. The lowest BCUT2D eigenvalue weighted by Crippen LogP contribution is -2.41. The second-order valence-corrected chi connectivity index (χ2v) is 4.36. The van der Waals surface area contributed by atoms with Crippen molar-refractivity contribution in [2.45, 2.75) is 4.90 Å². The van der Waals surface area contributed by atoms with Crippen LogP contribution in [0.2, 0.25) is 0 Å². The molecule has 1 amide bonds. The van der Waals surface area contributed by atoms with Gasteiger partial charge in [0.2, 0.25) is 0 Å². The minimum absolute atomic E-state index is 0.176. The molecule has 0 bridgehead atoms. The van der Waals surface area contributed by atoms with Crippen LogP contribution in [-0.2, 0) is 14.8 Å². The number of hydrazine groups is 1. The molecule has 8 heteroatoms. The highest BCUT2D eigenvalue weighted by molar-refractivity contribution is 7.89. The second kappa shape index (κ2) is 4.90. The quantitative estimate of drug-likeness (QED) is 0.757. The minimum atomic E-state index is -3.91. The van der Waals surface area contributed by atoms with E-state index in [1.54, 1.807) is 10.3 Å². The molecule has 1 rings (SSSR count). The summed E-state index contributed by atoms with van der Waals surface area (Å²) in [5.74, 6) is -0.556. The Kier molecular flexibility index (Phi) is 3.80. The van der Waals surface area contributed by atoms with Crippen LogP contribution in [0, 0.1) is 5.82 Å². The van der Waals surface area contributed by atoms with Gasteiger partial charge in [-0.3, -0.25) is 0 Å². The lowest BCUT2D eigenvalue weighted by Gasteiger charge is -2.06. The third kappa shape index (κ3) is 3.17. The summed E-state index contributed by atoms with van der Waals surface area (Å²) in [6.07, 6.45) is -0.953. The number of methoxy groups -OCH3 is 1. The molecule has 0 unspecified atom stereocenters. The van der Waals surface area contributed by atoms with Crippen LogP contribution in [-0.4, -0.2) is 21.6 Å². The van der Waals surface area contributed by atoms with Crippen LogP contribution in [0.25, 0.3) is 0 Å². The van der Waals surface area contributed by atoms with E-state index < -0.39 is 21.9 Å². The van der Waals surface area contributed by atoms with Gasteiger partial charge in [0.1, 0.15) is 5.82 Å². The minimum Gasteiger partial charge on any atom is -0.452 e. The molecule has 0 aliphatic heterocycles. The summed E-state index contributed by atoms with van der Waals surface area (Å²) in [6, 6.07) is 4.12. The molecule has 1 aromatic carbocycles. The van der Waals surface area contributed by atoms with Crippen molar-refractivity contribution in [3.63, 3.8) is 0 Å². The summed E-state index contributed by atoms with van der Waals surface area (Å²) in [6.45, 7) is 0. The summed E-state index contributed by atoms with van der Waals surface area (Å²) < 4.78 is 39.6. The molecule has 0 fully saturated rings. The molecule has 6 nitrogen and oxygen atoms in total. The van der Waals surface area contributed by atoms with Crippen LogP contribution in [0.1, 0.15) is 0 Å². The van der Waals surface area contributed by atoms with Gasteiger partial charge in [-0.25, -0.2) is 23.0 Å². The normalized spacial score (nSPS) is 10.9. The fraction of sp³-hybridized carbons (Fsp3) is 0.125. The van der Waals surface area contributed by atoms with Gasteiger partial charge in [0.25, 0.3) is 10.0 Å². The Bertz CT molecular complexity index is 471. The first-order valence-electron chi connectivity index (χ1n) is 4.07. The molecule has 0 radical (unpaired) electrons. The summed E-state index contributed by atoms with van der Waals surface area (Å²) in [5, 5.41) is 0. The number of ether oxygens (including phenoxy) is 1. The Morgan fingerprint density at radius 3 is 2.38 bits per heavy atom. The largest absolute Gasteiger partial charge is 0.452 e. The molecule has 0 saturated heterocycles. The Morgan fingerprint density at radius 1 is 1.31 bits per heavy atom. The van der Waals surface area contributed by atoms with Gasteiger partial charge in [-0.1, -0.05) is 0 Å². The molecule has 0 atom stereocenters. The van der Waals surface area contributed by atoms with Crippen LogP contribution in [0.15, 0.2) is 29.2 Å². The number of benzene rings is 1. The Hall–Kier alpha value is -1.67. The molecule has 0 heterocycles. The van der Waals surface area contributed by atoms with Crippen molar-refractivity contribution in [2.24, 2.45) is 0 Å². The van der Waals surface area contributed by atoms with E-state index in [4.69, 9.17) is 0 Å². The Labute approximate surface area is 91.4 Å². The van der Waals surface area contributed by atoms with Gasteiger partial charge in [-0.15, -0.1) is 4.83 Å². The lowest BCUT2D eigenvalue weighted by atomic mass is 10.4. The number of hydrogen-bond donors (Lipinski definition) is 2. The van der Waals surface area contributed by atoms with Crippen LogP contribution in [0.5, 0.6) is 0 Å². The molecule has 0 aromatic heterocycles. The van der Waals surface area contributed by atoms with Gasteiger partial charge in [-0.05, 0) is 24.3 Å². The van der Waals surface area contributed by atoms with Crippen molar-refractivity contribution in [3.05, 3.63) is 30.1 Å². The predicted octanol–water partition coefficient (Wildman–Crippen LogP) is 0.375. The molecule has 2 N–H and O–H groups in total. The van der Waals surface area contributed by atoms with E-state index in [-0.39, 0.29) is 4.90 Å². The summed E-state index contributed by atoms with van der Waals surface area (Å²) in [4.78, 5) is 12.2. The van der Waals surface area contributed by atoms with Gasteiger partial charge in [0.05, 0.1) is 12.0 Å². The number of rotatable bonds is 3. The van der Waals surface area contributed by atoms with Gasteiger partial charge >= 0.3 is 6.09 Å². The number of amides is 1. The van der Waals surface area contributed by atoms with Gasteiger partial charge in [0.15, 0.2) is 0 Å². The van der Waals surface area contributed by atoms with Crippen LogP contribution >= 0.6 is 0 Å². The van der Waals surface area contributed by atoms with E-state index in [1.807, 2.05) is 0 Å². The highest BCUT2D eigenvalue weighted by Gasteiger charge is 2.14. The predicted molar refractivity (Wildman–Crippen MR) is 52.3 cm³/mol. The topological polar surface area (TPSA) is 84.5 Å². The molecule has 0 aliphatic carbocycles. The highest BCUT2D eigenvalue weighted by atomic mass is 32.2. The van der Waals surface area contributed by atoms with E-state index in [0.717, 1.165) is 31.4 Å². The van der Waals surface area contributed by atoms with E-state index in [9.17, 15) is 17.6 Å². The monoisotopic (exact) mass is 248 g/mol.